The number of amides is 1. The normalized spacial score (nSPS) is 15.6. The average Bonchev–Trinajstić information content (AvgIpc) is 2.36. The van der Waals surface area contributed by atoms with Gasteiger partial charge in [0.05, 0.1) is 0 Å². The van der Waals surface area contributed by atoms with E-state index in [-0.39, 0.29) is 0 Å². The molecule has 0 radical (unpaired) electrons. The second-order valence-electron chi connectivity index (χ2n) is 4.04. The molecule has 16 heavy (non-hydrogen) atoms. The van der Waals surface area contributed by atoms with Crippen molar-refractivity contribution in [2.24, 2.45) is 0 Å². The van der Waals surface area contributed by atoms with Gasteiger partial charge in [-0.15, -0.1) is 0 Å². The van der Waals surface area contributed by atoms with Crippen molar-refractivity contribution in [3.05, 3.63) is 34.9 Å². The summed E-state index contributed by atoms with van der Waals surface area (Å²) in [5, 5.41) is 8.56. The van der Waals surface area contributed by atoms with Crippen LogP contribution in [0.2, 0.25) is 0 Å². The molecule has 2 N–H and O–H groups in total. The third-order valence-electron chi connectivity index (χ3n) is 3.11. The molecule has 1 heterocycles. The molecule has 1 aliphatic rings. The SMILES string of the molecule is CCN1CCc2cc(C(=O)NO)ccc2C1. The quantitative estimate of drug-likeness (QED) is 0.581. The molecule has 4 heteroatoms. The lowest BCUT2D eigenvalue weighted by Gasteiger charge is -2.27. The van der Waals surface area contributed by atoms with E-state index in [2.05, 4.69) is 11.8 Å². The van der Waals surface area contributed by atoms with E-state index in [1.54, 1.807) is 11.5 Å². The Morgan fingerprint density at radius 1 is 1.50 bits per heavy atom. The highest BCUT2D eigenvalue weighted by Gasteiger charge is 2.16. The Bertz CT molecular complexity index is 404. The van der Waals surface area contributed by atoms with Crippen LogP contribution in [0.15, 0.2) is 18.2 Å². The summed E-state index contributed by atoms with van der Waals surface area (Å²) in [5.41, 5.74) is 4.67. The number of carbonyl (C=O) groups is 1. The number of rotatable bonds is 2. The van der Waals surface area contributed by atoms with Gasteiger partial charge >= 0.3 is 0 Å². The fraction of sp³-hybridized carbons (Fsp3) is 0.417. The molecule has 1 aromatic rings. The molecule has 0 aromatic heterocycles. The Morgan fingerprint density at radius 3 is 3.00 bits per heavy atom. The molecule has 1 aromatic carbocycles. The fourth-order valence-electron chi connectivity index (χ4n) is 2.09. The van der Waals surface area contributed by atoms with Gasteiger partial charge in [0.2, 0.25) is 0 Å². The van der Waals surface area contributed by atoms with Crippen LogP contribution in [0.1, 0.15) is 28.4 Å². The van der Waals surface area contributed by atoms with Crippen molar-refractivity contribution in [2.75, 3.05) is 13.1 Å². The van der Waals surface area contributed by atoms with Crippen LogP contribution in [0.3, 0.4) is 0 Å². The highest BCUT2D eigenvalue weighted by atomic mass is 16.5. The Kier molecular flexibility index (Phi) is 3.22. The third kappa shape index (κ3) is 2.08. The van der Waals surface area contributed by atoms with Crippen molar-refractivity contribution in [2.45, 2.75) is 19.9 Å². The number of carbonyl (C=O) groups excluding carboxylic acids is 1. The molecule has 0 unspecified atom stereocenters. The van der Waals surface area contributed by atoms with Crippen molar-refractivity contribution in [1.29, 1.82) is 0 Å². The maximum Gasteiger partial charge on any atom is 0.274 e. The summed E-state index contributed by atoms with van der Waals surface area (Å²) in [6, 6.07) is 5.60. The van der Waals surface area contributed by atoms with Crippen molar-refractivity contribution >= 4 is 5.91 Å². The highest BCUT2D eigenvalue weighted by molar-refractivity contribution is 5.93. The van der Waals surface area contributed by atoms with Crippen LogP contribution in [-0.4, -0.2) is 29.1 Å². The van der Waals surface area contributed by atoms with Gasteiger partial charge in [-0.05, 0) is 36.2 Å². The Morgan fingerprint density at radius 2 is 2.31 bits per heavy atom. The second kappa shape index (κ2) is 4.63. The van der Waals surface area contributed by atoms with Crippen molar-refractivity contribution in [1.82, 2.24) is 10.4 Å². The van der Waals surface area contributed by atoms with E-state index < -0.39 is 5.91 Å². The minimum atomic E-state index is -0.444. The van der Waals surface area contributed by atoms with E-state index in [4.69, 9.17) is 5.21 Å². The maximum absolute atomic E-state index is 11.2. The number of nitrogens with one attached hydrogen (secondary N) is 1. The Labute approximate surface area is 94.8 Å². The van der Waals surface area contributed by atoms with Gasteiger partial charge in [0.15, 0.2) is 0 Å². The summed E-state index contributed by atoms with van der Waals surface area (Å²) < 4.78 is 0. The third-order valence-corrected chi connectivity index (χ3v) is 3.11. The largest absolute Gasteiger partial charge is 0.299 e. The summed E-state index contributed by atoms with van der Waals surface area (Å²) >= 11 is 0. The van der Waals surface area contributed by atoms with Gasteiger partial charge < -0.3 is 0 Å². The van der Waals surface area contributed by atoms with E-state index in [9.17, 15) is 4.79 Å². The minimum Gasteiger partial charge on any atom is -0.299 e. The molecule has 0 saturated heterocycles. The molecule has 0 bridgehead atoms. The predicted octanol–water partition coefficient (Wildman–Crippen LogP) is 1.18. The predicted molar refractivity (Wildman–Crippen MR) is 60.3 cm³/mol. The van der Waals surface area contributed by atoms with Gasteiger partial charge in [-0.25, -0.2) is 5.48 Å². The number of nitrogens with zero attached hydrogens (tertiary/aromatic N) is 1. The molecule has 2 rings (SSSR count). The average molecular weight is 220 g/mol. The van der Waals surface area contributed by atoms with Crippen LogP contribution >= 0.6 is 0 Å². The van der Waals surface area contributed by atoms with Crippen LogP contribution in [0.25, 0.3) is 0 Å². The van der Waals surface area contributed by atoms with Crippen LogP contribution in [0, 0.1) is 0 Å². The molecule has 4 nitrogen and oxygen atoms in total. The lowest BCUT2D eigenvalue weighted by Crippen LogP contribution is -2.30. The number of benzene rings is 1. The zero-order valence-corrected chi connectivity index (χ0v) is 9.36. The van der Waals surface area contributed by atoms with E-state index >= 15 is 0 Å². The summed E-state index contributed by atoms with van der Waals surface area (Å²) in [7, 11) is 0. The molecule has 1 amide bonds. The number of fused-ring (bicyclic) bond motifs is 1. The first kappa shape index (κ1) is 11.1. The summed E-state index contributed by atoms with van der Waals surface area (Å²) in [6.07, 6.45) is 0.968. The number of hydroxylamine groups is 1. The second-order valence-corrected chi connectivity index (χ2v) is 4.04. The van der Waals surface area contributed by atoms with E-state index in [0.717, 1.165) is 26.1 Å². The monoisotopic (exact) mass is 220 g/mol. The highest BCUT2D eigenvalue weighted by Crippen LogP contribution is 2.20. The van der Waals surface area contributed by atoms with E-state index in [0.29, 0.717) is 5.56 Å². The van der Waals surface area contributed by atoms with Gasteiger partial charge in [0.25, 0.3) is 5.91 Å². The van der Waals surface area contributed by atoms with E-state index in [1.807, 2.05) is 12.1 Å². The van der Waals surface area contributed by atoms with Gasteiger partial charge in [0, 0.05) is 18.7 Å². The van der Waals surface area contributed by atoms with Crippen LogP contribution in [0.4, 0.5) is 0 Å². The molecule has 0 atom stereocenters. The lowest BCUT2D eigenvalue weighted by atomic mass is 9.97. The molecule has 0 saturated carbocycles. The topological polar surface area (TPSA) is 52.6 Å². The van der Waals surface area contributed by atoms with Crippen molar-refractivity contribution in [3.8, 4) is 0 Å². The molecule has 86 valence electrons. The van der Waals surface area contributed by atoms with Gasteiger partial charge in [-0.3, -0.25) is 14.9 Å². The van der Waals surface area contributed by atoms with Crippen LogP contribution in [-0.2, 0) is 13.0 Å². The molecule has 0 aliphatic carbocycles. The summed E-state index contributed by atoms with van der Waals surface area (Å²) in [6.45, 7) is 5.19. The molecule has 1 aliphatic heterocycles. The molecular weight excluding hydrogens is 204 g/mol. The van der Waals surface area contributed by atoms with Gasteiger partial charge in [0.1, 0.15) is 0 Å². The zero-order chi connectivity index (χ0) is 11.5. The Hall–Kier alpha value is -1.39. The first-order valence-electron chi connectivity index (χ1n) is 5.53. The number of hydrogen-bond acceptors (Lipinski definition) is 3. The van der Waals surface area contributed by atoms with Gasteiger partial charge in [-0.2, -0.15) is 0 Å². The standard InChI is InChI=1S/C12H16N2O2/c1-2-14-6-5-9-7-10(12(15)13-16)3-4-11(9)8-14/h3-4,7,16H,2,5-6,8H2,1H3,(H,13,15). The number of hydrogen-bond donors (Lipinski definition) is 2. The summed E-state index contributed by atoms with van der Waals surface area (Å²) in [5.74, 6) is -0.444. The summed E-state index contributed by atoms with van der Waals surface area (Å²) in [4.78, 5) is 13.6. The Balaban J connectivity index is 2.24. The molecular formula is C12H16N2O2. The molecule has 0 fully saturated rings. The van der Waals surface area contributed by atoms with Crippen molar-refractivity contribution < 1.29 is 10.0 Å². The fourth-order valence-corrected chi connectivity index (χ4v) is 2.09. The maximum atomic E-state index is 11.2. The lowest BCUT2D eigenvalue weighted by molar-refractivity contribution is 0.0706. The smallest absolute Gasteiger partial charge is 0.274 e. The molecule has 0 spiro atoms. The van der Waals surface area contributed by atoms with Crippen LogP contribution < -0.4 is 5.48 Å². The first-order chi connectivity index (χ1) is 7.74. The zero-order valence-electron chi connectivity index (χ0n) is 9.36. The van der Waals surface area contributed by atoms with Crippen molar-refractivity contribution in [3.63, 3.8) is 0 Å². The van der Waals surface area contributed by atoms with Gasteiger partial charge in [-0.1, -0.05) is 13.0 Å². The van der Waals surface area contributed by atoms with E-state index in [1.165, 1.54) is 11.1 Å². The first-order valence-corrected chi connectivity index (χ1v) is 5.53. The minimum absolute atomic E-state index is 0.444. The van der Waals surface area contributed by atoms with Crippen LogP contribution in [0.5, 0.6) is 0 Å². The number of likely N-dealkylation sites (N-methyl/N-ethyl adjacent to an activating group) is 1.